The summed E-state index contributed by atoms with van der Waals surface area (Å²) in [5.41, 5.74) is 3.35. The van der Waals surface area contributed by atoms with Crippen molar-refractivity contribution >= 4 is 22.7 Å². The number of hydrogen-bond acceptors (Lipinski definition) is 5. The van der Waals surface area contributed by atoms with E-state index in [0.29, 0.717) is 24.6 Å². The number of ether oxygens (including phenoxy) is 1. The molecule has 0 bridgehead atoms. The molecule has 0 atom stereocenters. The van der Waals surface area contributed by atoms with Crippen LogP contribution in [0.1, 0.15) is 25.7 Å². The van der Waals surface area contributed by atoms with E-state index in [9.17, 15) is 14.9 Å². The Hall–Kier alpha value is -4.20. The molecule has 1 N–H and O–H groups in total. The molecule has 0 fully saturated rings. The van der Waals surface area contributed by atoms with Crippen molar-refractivity contribution in [3.8, 4) is 22.8 Å². The molecule has 0 aliphatic rings. The number of nitrogens with zero attached hydrogens (tertiary/aromatic N) is 3. The Labute approximate surface area is 190 Å². The van der Waals surface area contributed by atoms with Crippen LogP contribution in [0.4, 0.5) is 5.69 Å². The van der Waals surface area contributed by atoms with E-state index in [1.165, 1.54) is 12.1 Å². The summed E-state index contributed by atoms with van der Waals surface area (Å²) >= 11 is 0. The average molecular weight is 445 g/mol. The van der Waals surface area contributed by atoms with E-state index in [2.05, 4.69) is 0 Å². The molecule has 0 aliphatic heterocycles. The van der Waals surface area contributed by atoms with E-state index in [0.717, 1.165) is 35.1 Å². The van der Waals surface area contributed by atoms with Crippen LogP contribution in [0.2, 0.25) is 0 Å². The number of hydrogen-bond donors (Lipinski definition) is 1. The third-order valence-corrected chi connectivity index (χ3v) is 5.28. The molecule has 1 aromatic heterocycles. The standard InChI is InChI=1S/C25H23N3O5/c29-24(30)9-5-2-6-16-33-21-14-15-22-23(17-21)27(19-7-3-1-4-8-19)25(26-22)18-10-12-20(13-11-18)28(31)32/h1,3-4,7-8,10-15,17H,2,5-6,9,16H2,(H,29,30). The predicted octanol–water partition coefficient (Wildman–Crippen LogP) is 5.62. The molecule has 4 rings (SSSR count). The number of carbonyl (C=O) groups is 1. The van der Waals surface area contributed by atoms with Gasteiger partial charge in [-0.1, -0.05) is 18.2 Å². The second-order valence-corrected chi connectivity index (χ2v) is 7.61. The number of benzene rings is 3. The monoisotopic (exact) mass is 445 g/mol. The zero-order chi connectivity index (χ0) is 23.2. The Bertz CT molecular complexity index is 1270. The van der Waals surface area contributed by atoms with Crippen LogP contribution >= 0.6 is 0 Å². The van der Waals surface area contributed by atoms with E-state index in [1.807, 2.05) is 53.1 Å². The van der Waals surface area contributed by atoms with Crippen molar-refractivity contribution in [1.29, 1.82) is 0 Å². The second-order valence-electron chi connectivity index (χ2n) is 7.61. The van der Waals surface area contributed by atoms with Gasteiger partial charge in [0.2, 0.25) is 0 Å². The Balaban J connectivity index is 1.64. The fourth-order valence-electron chi connectivity index (χ4n) is 3.65. The first kappa shape index (κ1) is 22.0. The zero-order valence-corrected chi connectivity index (χ0v) is 17.9. The maximum Gasteiger partial charge on any atom is 0.303 e. The van der Waals surface area contributed by atoms with Crippen LogP contribution in [0.3, 0.4) is 0 Å². The molecular formula is C25H23N3O5. The first-order chi connectivity index (χ1) is 16.0. The molecule has 168 valence electrons. The van der Waals surface area contributed by atoms with E-state index < -0.39 is 10.9 Å². The first-order valence-corrected chi connectivity index (χ1v) is 10.7. The fraction of sp³-hybridized carbons (Fsp3) is 0.200. The molecule has 1 heterocycles. The number of carboxylic acid groups (broad SMARTS) is 1. The van der Waals surface area contributed by atoms with Gasteiger partial charge in [-0.15, -0.1) is 0 Å². The molecule has 0 radical (unpaired) electrons. The smallest absolute Gasteiger partial charge is 0.303 e. The molecular weight excluding hydrogens is 422 g/mol. The Morgan fingerprint density at radius 1 is 1.00 bits per heavy atom. The Morgan fingerprint density at radius 3 is 2.45 bits per heavy atom. The van der Waals surface area contributed by atoms with Crippen LogP contribution in [0, 0.1) is 10.1 Å². The summed E-state index contributed by atoms with van der Waals surface area (Å²) in [6.07, 6.45) is 2.38. The number of rotatable bonds is 10. The van der Waals surface area contributed by atoms with Crippen LogP contribution in [-0.4, -0.2) is 32.2 Å². The molecule has 8 heteroatoms. The summed E-state index contributed by atoms with van der Waals surface area (Å²) < 4.78 is 7.92. The predicted molar refractivity (Wildman–Crippen MR) is 125 cm³/mol. The van der Waals surface area contributed by atoms with Gasteiger partial charge >= 0.3 is 5.97 Å². The minimum Gasteiger partial charge on any atom is -0.494 e. The van der Waals surface area contributed by atoms with Crippen molar-refractivity contribution in [2.75, 3.05) is 6.61 Å². The van der Waals surface area contributed by atoms with Crippen molar-refractivity contribution < 1.29 is 19.6 Å². The van der Waals surface area contributed by atoms with Crippen LogP contribution in [-0.2, 0) is 4.79 Å². The largest absolute Gasteiger partial charge is 0.494 e. The summed E-state index contributed by atoms with van der Waals surface area (Å²) in [4.78, 5) is 26.0. The fourth-order valence-corrected chi connectivity index (χ4v) is 3.65. The highest BCUT2D eigenvalue weighted by atomic mass is 16.6. The molecule has 4 aromatic rings. The molecule has 33 heavy (non-hydrogen) atoms. The zero-order valence-electron chi connectivity index (χ0n) is 17.9. The van der Waals surface area contributed by atoms with Crippen molar-refractivity contribution in [3.05, 3.63) is 82.9 Å². The average Bonchev–Trinajstić information content (AvgIpc) is 3.20. The number of nitro groups is 1. The van der Waals surface area contributed by atoms with Gasteiger partial charge in [-0.3, -0.25) is 19.5 Å². The number of carboxylic acids is 1. The lowest BCUT2D eigenvalue weighted by molar-refractivity contribution is -0.384. The Kier molecular flexibility index (Phi) is 6.64. The lowest BCUT2D eigenvalue weighted by Crippen LogP contribution is -2.00. The van der Waals surface area contributed by atoms with Gasteiger partial charge < -0.3 is 9.84 Å². The van der Waals surface area contributed by atoms with Gasteiger partial charge in [0.05, 0.1) is 22.6 Å². The number of unbranched alkanes of at least 4 members (excludes halogenated alkanes) is 2. The lowest BCUT2D eigenvalue weighted by Gasteiger charge is -2.11. The number of aliphatic carboxylic acids is 1. The number of aromatic nitrogens is 2. The SMILES string of the molecule is O=C(O)CCCCCOc1ccc2nc(-c3ccc([N+](=O)[O-])cc3)n(-c3ccccc3)c2c1. The van der Waals surface area contributed by atoms with Gasteiger partial charge in [0.15, 0.2) is 0 Å². The van der Waals surface area contributed by atoms with Crippen molar-refractivity contribution in [2.45, 2.75) is 25.7 Å². The normalized spacial score (nSPS) is 10.9. The summed E-state index contributed by atoms with van der Waals surface area (Å²) in [7, 11) is 0. The topological polar surface area (TPSA) is 107 Å². The van der Waals surface area contributed by atoms with Crippen molar-refractivity contribution in [1.82, 2.24) is 9.55 Å². The first-order valence-electron chi connectivity index (χ1n) is 10.7. The molecule has 0 saturated carbocycles. The maximum atomic E-state index is 11.0. The molecule has 0 amide bonds. The number of imidazole rings is 1. The summed E-state index contributed by atoms with van der Waals surface area (Å²) in [6.45, 7) is 0.500. The number of nitro benzene ring substituents is 1. The molecule has 8 nitrogen and oxygen atoms in total. The molecule has 3 aromatic carbocycles. The highest BCUT2D eigenvalue weighted by Crippen LogP contribution is 2.31. The van der Waals surface area contributed by atoms with Crippen LogP contribution in [0.15, 0.2) is 72.8 Å². The summed E-state index contributed by atoms with van der Waals surface area (Å²) in [6, 6.07) is 21.8. The maximum absolute atomic E-state index is 11.0. The quantitative estimate of drug-likeness (QED) is 0.193. The summed E-state index contributed by atoms with van der Waals surface area (Å²) in [5, 5.41) is 19.8. The van der Waals surface area contributed by atoms with Gasteiger partial charge in [0.1, 0.15) is 11.6 Å². The van der Waals surface area contributed by atoms with Crippen molar-refractivity contribution in [2.24, 2.45) is 0 Å². The van der Waals surface area contributed by atoms with Crippen LogP contribution in [0.5, 0.6) is 5.75 Å². The van der Waals surface area contributed by atoms with Gasteiger partial charge in [-0.05, 0) is 55.7 Å². The Morgan fingerprint density at radius 2 is 1.76 bits per heavy atom. The number of fused-ring (bicyclic) bond motifs is 1. The van der Waals surface area contributed by atoms with Crippen LogP contribution < -0.4 is 4.74 Å². The molecule has 0 spiro atoms. The number of para-hydroxylation sites is 1. The molecule has 0 saturated heterocycles. The highest BCUT2D eigenvalue weighted by molar-refractivity contribution is 5.84. The van der Waals surface area contributed by atoms with Gasteiger partial charge in [0.25, 0.3) is 5.69 Å². The molecule has 0 aliphatic carbocycles. The van der Waals surface area contributed by atoms with Gasteiger partial charge in [0, 0.05) is 35.9 Å². The third kappa shape index (κ3) is 5.17. The van der Waals surface area contributed by atoms with Gasteiger partial charge in [-0.25, -0.2) is 4.98 Å². The minimum absolute atomic E-state index is 0.0279. The summed E-state index contributed by atoms with van der Waals surface area (Å²) in [5.74, 6) is 0.601. The lowest BCUT2D eigenvalue weighted by atomic mass is 10.2. The molecule has 0 unspecified atom stereocenters. The number of non-ortho nitro benzene ring substituents is 1. The minimum atomic E-state index is -0.778. The van der Waals surface area contributed by atoms with E-state index in [-0.39, 0.29) is 12.1 Å². The van der Waals surface area contributed by atoms with E-state index >= 15 is 0 Å². The van der Waals surface area contributed by atoms with Crippen molar-refractivity contribution in [3.63, 3.8) is 0 Å². The van der Waals surface area contributed by atoms with Crippen LogP contribution in [0.25, 0.3) is 28.1 Å². The third-order valence-electron chi connectivity index (χ3n) is 5.28. The van der Waals surface area contributed by atoms with Gasteiger partial charge in [-0.2, -0.15) is 0 Å². The van der Waals surface area contributed by atoms with E-state index in [4.69, 9.17) is 14.8 Å². The second kappa shape index (κ2) is 9.95. The van der Waals surface area contributed by atoms with E-state index in [1.54, 1.807) is 12.1 Å². The highest BCUT2D eigenvalue weighted by Gasteiger charge is 2.16.